The van der Waals surface area contributed by atoms with Crippen LogP contribution in [0.4, 0.5) is 0 Å². The van der Waals surface area contributed by atoms with Gasteiger partial charge in [0.2, 0.25) is 0 Å². The van der Waals surface area contributed by atoms with Gasteiger partial charge in [-0.15, -0.1) is 0 Å². The van der Waals surface area contributed by atoms with E-state index in [1.54, 1.807) is 25.6 Å². The molecule has 2 heterocycles. The Morgan fingerprint density at radius 3 is 2.75 bits per heavy atom. The van der Waals surface area contributed by atoms with Crippen molar-refractivity contribution in [1.82, 2.24) is 4.90 Å². The van der Waals surface area contributed by atoms with Crippen LogP contribution in [0, 0.1) is 0 Å². The number of aliphatic hydroxyl groups excluding tert-OH is 1. The number of nitrogens with zero attached hydrogens (tertiary/aromatic N) is 1. The van der Waals surface area contributed by atoms with Crippen LogP contribution in [-0.4, -0.2) is 50.1 Å². The van der Waals surface area contributed by atoms with Crippen molar-refractivity contribution in [2.45, 2.75) is 18.7 Å². The summed E-state index contributed by atoms with van der Waals surface area (Å²) in [4.78, 5) is 2.35. The van der Waals surface area contributed by atoms with Gasteiger partial charge in [0.05, 0.1) is 33.5 Å². The molecule has 1 aromatic heterocycles. The summed E-state index contributed by atoms with van der Waals surface area (Å²) in [6.45, 7) is 2.27. The fourth-order valence-electron chi connectivity index (χ4n) is 3.20. The quantitative estimate of drug-likeness (QED) is 0.869. The third-order valence-electron chi connectivity index (χ3n) is 4.35. The average Bonchev–Trinajstić information content (AvgIpc) is 3.14. The standard InChI is InChI=1S/C18H23NO4S/c1-21-15-4-3-14(9-16(15)22-2)18-17(11-20)23-7-6-19(18)10-13-5-8-24-12-13/h3-5,8-9,12,17-18,20H,6-7,10-11H2,1-2H3/t17-,18-/m1/s1. The van der Waals surface area contributed by atoms with E-state index in [1.807, 2.05) is 18.2 Å². The zero-order chi connectivity index (χ0) is 16.9. The van der Waals surface area contributed by atoms with Crippen LogP contribution in [0.15, 0.2) is 35.0 Å². The minimum absolute atomic E-state index is 0.0147. The molecule has 0 saturated carbocycles. The molecule has 0 unspecified atom stereocenters. The molecule has 0 spiro atoms. The topological polar surface area (TPSA) is 51.2 Å². The van der Waals surface area contributed by atoms with E-state index >= 15 is 0 Å². The van der Waals surface area contributed by atoms with E-state index in [-0.39, 0.29) is 18.8 Å². The van der Waals surface area contributed by atoms with E-state index in [0.29, 0.717) is 18.1 Å². The van der Waals surface area contributed by atoms with Gasteiger partial charge in [-0.25, -0.2) is 0 Å². The minimum Gasteiger partial charge on any atom is -0.493 e. The number of morpholine rings is 1. The van der Waals surface area contributed by atoms with Gasteiger partial charge >= 0.3 is 0 Å². The van der Waals surface area contributed by atoms with Gasteiger partial charge in [-0.3, -0.25) is 4.90 Å². The monoisotopic (exact) mass is 349 g/mol. The predicted octanol–water partition coefficient (Wildman–Crippen LogP) is 2.70. The number of methoxy groups -OCH3 is 2. The maximum atomic E-state index is 9.79. The summed E-state index contributed by atoms with van der Waals surface area (Å²) in [5.41, 5.74) is 2.34. The molecule has 1 fully saturated rings. The van der Waals surface area contributed by atoms with Gasteiger partial charge < -0.3 is 19.3 Å². The number of aliphatic hydroxyl groups is 1. The van der Waals surface area contributed by atoms with Crippen LogP contribution in [0.25, 0.3) is 0 Å². The average molecular weight is 349 g/mol. The van der Waals surface area contributed by atoms with Crippen molar-refractivity contribution in [3.8, 4) is 11.5 Å². The first kappa shape index (κ1) is 17.2. The first-order valence-electron chi connectivity index (χ1n) is 7.96. The van der Waals surface area contributed by atoms with Crippen LogP contribution >= 0.6 is 11.3 Å². The van der Waals surface area contributed by atoms with E-state index < -0.39 is 0 Å². The summed E-state index contributed by atoms with van der Waals surface area (Å²) in [7, 11) is 3.26. The van der Waals surface area contributed by atoms with E-state index in [4.69, 9.17) is 14.2 Å². The lowest BCUT2D eigenvalue weighted by molar-refractivity contribution is -0.0960. The first-order chi connectivity index (χ1) is 11.8. The van der Waals surface area contributed by atoms with E-state index in [0.717, 1.165) is 18.7 Å². The molecule has 130 valence electrons. The highest BCUT2D eigenvalue weighted by molar-refractivity contribution is 7.07. The van der Waals surface area contributed by atoms with Gasteiger partial charge in [-0.2, -0.15) is 11.3 Å². The van der Waals surface area contributed by atoms with Gasteiger partial charge in [0, 0.05) is 13.1 Å². The highest BCUT2D eigenvalue weighted by atomic mass is 32.1. The second-order valence-corrected chi connectivity index (χ2v) is 6.53. The molecule has 24 heavy (non-hydrogen) atoms. The SMILES string of the molecule is COc1ccc([C@@H]2[C@@H](CO)OCCN2Cc2ccsc2)cc1OC. The van der Waals surface area contributed by atoms with Gasteiger partial charge in [0.15, 0.2) is 11.5 Å². The molecule has 6 heteroatoms. The second kappa shape index (κ2) is 7.98. The molecule has 1 aromatic carbocycles. The van der Waals surface area contributed by atoms with Gasteiger partial charge in [-0.05, 0) is 40.1 Å². The third-order valence-corrected chi connectivity index (χ3v) is 5.08. The molecule has 2 atom stereocenters. The third kappa shape index (κ3) is 3.57. The number of thiophene rings is 1. The molecule has 5 nitrogen and oxygen atoms in total. The van der Waals surface area contributed by atoms with Crippen molar-refractivity contribution >= 4 is 11.3 Å². The van der Waals surface area contributed by atoms with Gasteiger partial charge in [0.25, 0.3) is 0 Å². The molecule has 0 radical (unpaired) electrons. The summed E-state index contributed by atoms with van der Waals surface area (Å²) in [6.07, 6.45) is -0.254. The summed E-state index contributed by atoms with van der Waals surface area (Å²) in [5.74, 6) is 1.38. The Bertz CT molecular complexity index is 646. The molecule has 1 saturated heterocycles. The Kier molecular flexibility index (Phi) is 5.73. The molecular weight excluding hydrogens is 326 g/mol. The van der Waals surface area contributed by atoms with Gasteiger partial charge in [0.1, 0.15) is 6.10 Å². The summed E-state index contributed by atoms with van der Waals surface area (Å²) in [5, 5.41) is 14.0. The van der Waals surface area contributed by atoms with Crippen LogP contribution in [0.3, 0.4) is 0 Å². The van der Waals surface area contributed by atoms with Gasteiger partial charge in [-0.1, -0.05) is 6.07 Å². The van der Waals surface area contributed by atoms with Crippen molar-refractivity contribution in [1.29, 1.82) is 0 Å². The number of benzene rings is 1. The van der Waals surface area contributed by atoms with Crippen molar-refractivity contribution < 1.29 is 19.3 Å². The Hall–Kier alpha value is -1.60. The molecule has 1 aliphatic rings. The number of ether oxygens (including phenoxy) is 3. The van der Waals surface area contributed by atoms with Crippen molar-refractivity contribution in [2.75, 3.05) is 34.0 Å². The van der Waals surface area contributed by atoms with Crippen LogP contribution < -0.4 is 9.47 Å². The zero-order valence-corrected chi connectivity index (χ0v) is 14.8. The smallest absolute Gasteiger partial charge is 0.161 e. The lowest BCUT2D eigenvalue weighted by atomic mass is 9.97. The fraction of sp³-hybridized carbons (Fsp3) is 0.444. The van der Waals surface area contributed by atoms with E-state index in [9.17, 15) is 5.11 Å². The molecule has 3 rings (SSSR count). The maximum absolute atomic E-state index is 9.79. The minimum atomic E-state index is -0.254. The van der Waals surface area contributed by atoms with Crippen molar-refractivity contribution in [3.63, 3.8) is 0 Å². The highest BCUT2D eigenvalue weighted by Gasteiger charge is 2.33. The largest absolute Gasteiger partial charge is 0.493 e. The molecule has 1 aliphatic heterocycles. The normalized spacial score (nSPS) is 21.6. The Labute approximate surface area is 146 Å². The van der Waals surface area contributed by atoms with E-state index in [2.05, 4.69) is 21.7 Å². The van der Waals surface area contributed by atoms with Crippen LogP contribution in [-0.2, 0) is 11.3 Å². The summed E-state index contributed by atoms with van der Waals surface area (Å²) >= 11 is 1.70. The number of hydrogen-bond acceptors (Lipinski definition) is 6. The molecule has 0 amide bonds. The molecule has 1 N–H and O–H groups in total. The highest BCUT2D eigenvalue weighted by Crippen LogP contribution is 2.36. The number of hydrogen-bond donors (Lipinski definition) is 1. The Morgan fingerprint density at radius 1 is 1.25 bits per heavy atom. The van der Waals surface area contributed by atoms with Crippen molar-refractivity contribution in [3.05, 3.63) is 46.2 Å². The Morgan fingerprint density at radius 2 is 2.08 bits per heavy atom. The second-order valence-electron chi connectivity index (χ2n) is 5.75. The lowest BCUT2D eigenvalue weighted by Gasteiger charge is -2.41. The van der Waals surface area contributed by atoms with Crippen LogP contribution in [0.5, 0.6) is 11.5 Å². The summed E-state index contributed by atoms with van der Waals surface area (Å²) in [6, 6.07) is 8.01. The van der Waals surface area contributed by atoms with Crippen LogP contribution in [0.1, 0.15) is 17.2 Å². The van der Waals surface area contributed by atoms with Crippen LogP contribution in [0.2, 0.25) is 0 Å². The molecule has 2 aromatic rings. The molecule has 0 bridgehead atoms. The van der Waals surface area contributed by atoms with E-state index in [1.165, 1.54) is 5.56 Å². The zero-order valence-electron chi connectivity index (χ0n) is 14.0. The summed E-state index contributed by atoms with van der Waals surface area (Å²) < 4.78 is 16.6. The molecule has 0 aliphatic carbocycles. The number of rotatable bonds is 6. The molecular formula is C18H23NO4S. The maximum Gasteiger partial charge on any atom is 0.161 e. The fourth-order valence-corrected chi connectivity index (χ4v) is 3.86. The Balaban J connectivity index is 1.92. The lowest BCUT2D eigenvalue weighted by Crippen LogP contribution is -2.46. The predicted molar refractivity (Wildman–Crippen MR) is 93.8 cm³/mol. The van der Waals surface area contributed by atoms with Crippen molar-refractivity contribution in [2.24, 2.45) is 0 Å². The first-order valence-corrected chi connectivity index (χ1v) is 8.90.